The third kappa shape index (κ3) is 4.02. The lowest BCUT2D eigenvalue weighted by Gasteiger charge is -2.13. The van der Waals surface area contributed by atoms with Crippen LogP contribution in [-0.4, -0.2) is 26.4 Å². The summed E-state index contributed by atoms with van der Waals surface area (Å²) in [7, 11) is 4.82. The molecule has 0 radical (unpaired) electrons. The molecule has 0 spiro atoms. The Hall–Kier alpha value is -2.62. The normalized spacial score (nSPS) is 10.8. The van der Waals surface area contributed by atoms with E-state index in [0.717, 1.165) is 29.7 Å². The van der Waals surface area contributed by atoms with Gasteiger partial charge in [0.05, 0.1) is 21.3 Å². The van der Waals surface area contributed by atoms with Crippen molar-refractivity contribution >= 4 is 12.2 Å². The van der Waals surface area contributed by atoms with Gasteiger partial charge in [-0.05, 0) is 47.4 Å². The lowest BCUT2D eigenvalue weighted by Crippen LogP contribution is -1.96. The molecule has 4 nitrogen and oxygen atoms in total. The first-order valence-electron chi connectivity index (χ1n) is 7.92. The molecule has 0 bridgehead atoms. The quantitative estimate of drug-likeness (QED) is 0.758. The van der Waals surface area contributed by atoms with E-state index in [1.807, 2.05) is 30.4 Å². The molecular formula is C20H24O4. The highest BCUT2D eigenvalue weighted by Crippen LogP contribution is 2.32. The Bertz CT molecular complexity index is 720. The zero-order valence-corrected chi connectivity index (χ0v) is 14.6. The molecule has 24 heavy (non-hydrogen) atoms. The van der Waals surface area contributed by atoms with Crippen LogP contribution in [0.3, 0.4) is 0 Å². The summed E-state index contributed by atoms with van der Waals surface area (Å²) >= 11 is 0. The fourth-order valence-electron chi connectivity index (χ4n) is 2.56. The van der Waals surface area contributed by atoms with E-state index in [-0.39, 0.29) is 5.75 Å². The van der Waals surface area contributed by atoms with Crippen molar-refractivity contribution in [1.29, 1.82) is 0 Å². The minimum atomic E-state index is 0.132. The van der Waals surface area contributed by atoms with Crippen molar-refractivity contribution in [2.24, 2.45) is 0 Å². The largest absolute Gasteiger partial charge is 0.504 e. The van der Waals surface area contributed by atoms with Gasteiger partial charge >= 0.3 is 0 Å². The van der Waals surface area contributed by atoms with E-state index in [1.165, 1.54) is 12.7 Å². The number of aromatic hydroxyl groups is 1. The molecule has 0 saturated heterocycles. The Balaban J connectivity index is 2.39. The van der Waals surface area contributed by atoms with Crippen LogP contribution in [0.1, 0.15) is 30.0 Å². The van der Waals surface area contributed by atoms with Gasteiger partial charge in [-0.3, -0.25) is 0 Å². The number of methoxy groups -OCH3 is 3. The summed E-state index contributed by atoms with van der Waals surface area (Å²) in [6, 6.07) is 9.28. The molecular weight excluding hydrogens is 304 g/mol. The van der Waals surface area contributed by atoms with Gasteiger partial charge in [0.1, 0.15) is 0 Å². The summed E-state index contributed by atoms with van der Waals surface area (Å²) in [6.07, 6.45) is 6.03. The smallest absolute Gasteiger partial charge is 0.161 e. The molecule has 0 aliphatic carbocycles. The van der Waals surface area contributed by atoms with Crippen molar-refractivity contribution in [3.05, 3.63) is 47.0 Å². The lowest BCUT2D eigenvalue weighted by molar-refractivity contribution is 0.354. The Morgan fingerprint density at radius 2 is 1.54 bits per heavy atom. The lowest BCUT2D eigenvalue weighted by atomic mass is 10.0. The maximum Gasteiger partial charge on any atom is 0.161 e. The third-order valence-corrected chi connectivity index (χ3v) is 3.82. The van der Waals surface area contributed by atoms with E-state index in [1.54, 1.807) is 26.4 Å². The number of rotatable bonds is 7. The van der Waals surface area contributed by atoms with Gasteiger partial charge in [-0.1, -0.05) is 31.6 Å². The van der Waals surface area contributed by atoms with Crippen molar-refractivity contribution < 1.29 is 19.3 Å². The minimum Gasteiger partial charge on any atom is -0.504 e. The Kier molecular flexibility index (Phi) is 6.13. The molecule has 0 aliphatic rings. The molecule has 0 atom stereocenters. The summed E-state index contributed by atoms with van der Waals surface area (Å²) in [4.78, 5) is 0. The van der Waals surface area contributed by atoms with E-state index in [4.69, 9.17) is 14.2 Å². The van der Waals surface area contributed by atoms with Crippen LogP contribution in [0.5, 0.6) is 23.0 Å². The summed E-state index contributed by atoms with van der Waals surface area (Å²) in [5.41, 5.74) is 3.24. The molecule has 2 aromatic carbocycles. The average molecular weight is 328 g/mol. The van der Waals surface area contributed by atoms with Crippen LogP contribution in [0.4, 0.5) is 0 Å². The molecule has 4 heteroatoms. The van der Waals surface area contributed by atoms with Crippen LogP contribution >= 0.6 is 0 Å². The van der Waals surface area contributed by atoms with Crippen molar-refractivity contribution in [1.82, 2.24) is 0 Å². The molecule has 0 heterocycles. The Morgan fingerprint density at radius 1 is 0.875 bits per heavy atom. The van der Waals surface area contributed by atoms with Crippen LogP contribution in [0, 0.1) is 0 Å². The highest BCUT2D eigenvalue weighted by atomic mass is 16.5. The molecule has 0 aromatic heterocycles. The molecule has 0 aliphatic heterocycles. The number of aryl methyl sites for hydroxylation is 1. The second-order valence-corrected chi connectivity index (χ2v) is 5.42. The van der Waals surface area contributed by atoms with E-state index < -0.39 is 0 Å². The van der Waals surface area contributed by atoms with E-state index in [0.29, 0.717) is 11.5 Å². The van der Waals surface area contributed by atoms with Gasteiger partial charge in [0.25, 0.3) is 0 Å². The second kappa shape index (κ2) is 8.29. The number of hydrogen-bond acceptors (Lipinski definition) is 4. The zero-order valence-electron chi connectivity index (χ0n) is 14.6. The molecule has 2 rings (SSSR count). The standard InChI is InChI=1S/C20H24O4/c1-5-6-15-12-19(23-3)20(24-4)13-16(15)9-7-14-8-10-17(21)18(11-14)22-2/h7-13,21H,5-6H2,1-4H3/b9-7+. The van der Waals surface area contributed by atoms with Crippen LogP contribution < -0.4 is 14.2 Å². The fourth-order valence-corrected chi connectivity index (χ4v) is 2.56. The molecule has 1 N–H and O–H groups in total. The molecule has 128 valence electrons. The minimum absolute atomic E-state index is 0.132. The predicted molar refractivity (Wildman–Crippen MR) is 97.1 cm³/mol. The maximum absolute atomic E-state index is 9.68. The van der Waals surface area contributed by atoms with Gasteiger partial charge < -0.3 is 19.3 Å². The number of phenolic OH excluding ortho intramolecular Hbond substituents is 1. The van der Waals surface area contributed by atoms with Crippen LogP contribution in [-0.2, 0) is 6.42 Å². The van der Waals surface area contributed by atoms with Crippen molar-refractivity contribution in [2.45, 2.75) is 19.8 Å². The summed E-state index contributed by atoms with van der Waals surface area (Å²) in [5.74, 6) is 2.04. The summed E-state index contributed by atoms with van der Waals surface area (Å²) in [6.45, 7) is 2.15. The Morgan fingerprint density at radius 3 is 2.17 bits per heavy atom. The predicted octanol–water partition coefficient (Wildman–Crippen LogP) is 4.54. The van der Waals surface area contributed by atoms with E-state index in [2.05, 4.69) is 6.92 Å². The first kappa shape index (κ1) is 17.7. The zero-order chi connectivity index (χ0) is 17.5. The van der Waals surface area contributed by atoms with Gasteiger partial charge in [0.2, 0.25) is 0 Å². The highest BCUT2D eigenvalue weighted by molar-refractivity contribution is 5.74. The average Bonchev–Trinajstić information content (AvgIpc) is 2.61. The first-order chi connectivity index (χ1) is 11.6. The van der Waals surface area contributed by atoms with Gasteiger partial charge in [-0.15, -0.1) is 0 Å². The van der Waals surface area contributed by atoms with Gasteiger partial charge in [0.15, 0.2) is 23.0 Å². The molecule has 2 aromatic rings. The van der Waals surface area contributed by atoms with Gasteiger partial charge in [0, 0.05) is 0 Å². The third-order valence-electron chi connectivity index (χ3n) is 3.82. The van der Waals surface area contributed by atoms with Crippen molar-refractivity contribution in [2.75, 3.05) is 21.3 Å². The monoisotopic (exact) mass is 328 g/mol. The topological polar surface area (TPSA) is 47.9 Å². The van der Waals surface area contributed by atoms with Crippen LogP contribution in [0.25, 0.3) is 12.2 Å². The van der Waals surface area contributed by atoms with Crippen LogP contribution in [0.2, 0.25) is 0 Å². The highest BCUT2D eigenvalue weighted by Gasteiger charge is 2.09. The molecule has 0 saturated carbocycles. The van der Waals surface area contributed by atoms with E-state index in [9.17, 15) is 5.11 Å². The van der Waals surface area contributed by atoms with Crippen molar-refractivity contribution in [3.63, 3.8) is 0 Å². The first-order valence-corrected chi connectivity index (χ1v) is 7.92. The summed E-state index contributed by atoms with van der Waals surface area (Å²) in [5, 5.41) is 9.68. The molecule has 0 fully saturated rings. The number of ether oxygens (including phenoxy) is 3. The second-order valence-electron chi connectivity index (χ2n) is 5.42. The number of phenols is 1. The molecule has 0 unspecified atom stereocenters. The fraction of sp³-hybridized carbons (Fsp3) is 0.300. The van der Waals surface area contributed by atoms with Crippen molar-refractivity contribution in [3.8, 4) is 23.0 Å². The summed E-state index contributed by atoms with van der Waals surface area (Å²) < 4.78 is 15.9. The Labute approximate surface area is 143 Å². The maximum atomic E-state index is 9.68. The van der Waals surface area contributed by atoms with Crippen LogP contribution in [0.15, 0.2) is 30.3 Å². The van der Waals surface area contributed by atoms with E-state index >= 15 is 0 Å². The number of benzene rings is 2. The SMILES string of the molecule is CCCc1cc(OC)c(OC)cc1/C=C/c1ccc(O)c(OC)c1. The number of hydrogen-bond donors (Lipinski definition) is 1. The van der Waals surface area contributed by atoms with Gasteiger partial charge in [-0.2, -0.15) is 0 Å². The van der Waals surface area contributed by atoms with Gasteiger partial charge in [-0.25, -0.2) is 0 Å². The molecule has 0 amide bonds.